The highest BCUT2D eigenvalue weighted by atomic mass is 35.5. The maximum atomic E-state index is 10.2. The van der Waals surface area contributed by atoms with Crippen molar-refractivity contribution in [2.45, 2.75) is 30.3 Å². The summed E-state index contributed by atoms with van der Waals surface area (Å²) in [6, 6.07) is 7.77. The van der Waals surface area contributed by atoms with E-state index in [9.17, 15) is 10.2 Å². The molecule has 2 aromatic heterocycles. The van der Waals surface area contributed by atoms with E-state index < -0.39 is 12.2 Å². The molecule has 1 fully saturated rings. The highest BCUT2D eigenvalue weighted by Crippen LogP contribution is 2.39. The molecule has 0 bridgehead atoms. The first kappa shape index (κ1) is 16.8. The largest absolute Gasteiger partial charge is 0.390 e. The molecular formula is C17H17ClN4O2S. The summed E-state index contributed by atoms with van der Waals surface area (Å²) in [5, 5.41) is 28.9. The average molecular weight is 377 g/mol. The number of aliphatic hydroxyl groups is 2. The van der Waals surface area contributed by atoms with Gasteiger partial charge in [-0.2, -0.15) is 0 Å². The van der Waals surface area contributed by atoms with Gasteiger partial charge in [-0.25, -0.2) is 0 Å². The van der Waals surface area contributed by atoms with Gasteiger partial charge in [-0.15, -0.1) is 22.0 Å². The lowest BCUT2D eigenvalue weighted by Crippen LogP contribution is -2.25. The second-order valence-electron chi connectivity index (χ2n) is 6.07. The Labute approximate surface area is 153 Å². The van der Waals surface area contributed by atoms with E-state index >= 15 is 0 Å². The molecule has 8 heteroatoms. The first-order valence-corrected chi connectivity index (χ1v) is 9.47. The van der Waals surface area contributed by atoms with E-state index in [4.69, 9.17) is 11.6 Å². The molecule has 130 valence electrons. The highest BCUT2D eigenvalue weighted by Gasteiger charge is 2.38. The summed E-state index contributed by atoms with van der Waals surface area (Å²) >= 11 is 7.53. The molecule has 1 aliphatic rings. The van der Waals surface area contributed by atoms with Crippen LogP contribution in [0.2, 0.25) is 5.02 Å². The second kappa shape index (κ2) is 6.92. The Morgan fingerprint density at radius 3 is 2.88 bits per heavy atom. The molecule has 3 aromatic rings. The molecule has 0 aliphatic carbocycles. The van der Waals surface area contributed by atoms with Gasteiger partial charge in [0.1, 0.15) is 0 Å². The number of aromatic nitrogens is 4. The number of nitrogens with zero attached hydrogens (tertiary/aromatic N) is 4. The Bertz CT molecular complexity index is 903. The van der Waals surface area contributed by atoms with Gasteiger partial charge in [0.05, 0.1) is 23.2 Å². The van der Waals surface area contributed by atoms with Crippen LogP contribution in [0, 0.1) is 0 Å². The van der Waals surface area contributed by atoms with Crippen molar-refractivity contribution in [2.75, 3.05) is 5.75 Å². The zero-order chi connectivity index (χ0) is 17.4. The lowest BCUT2D eigenvalue weighted by Gasteiger charge is -2.13. The van der Waals surface area contributed by atoms with Crippen LogP contribution in [0.5, 0.6) is 0 Å². The lowest BCUT2D eigenvalue weighted by atomic mass is 10.1. The fourth-order valence-electron chi connectivity index (χ4n) is 3.05. The minimum Gasteiger partial charge on any atom is -0.390 e. The molecule has 2 N–H and O–H groups in total. The van der Waals surface area contributed by atoms with Crippen LogP contribution >= 0.6 is 23.4 Å². The van der Waals surface area contributed by atoms with Gasteiger partial charge in [0.25, 0.3) is 0 Å². The summed E-state index contributed by atoms with van der Waals surface area (Å²) in [5.74, 6) is 1.14. The normalized spacial score (nSPS) is 23.4. The van der Waals surface area contributed by atoms with Gasteiger partial charge in [-0.3, -0.25) is 9.38 Å². The van der Waals surface area contributed by atoms with Crippen molar-refractivity contribution in [3.63, 3.8) is 0 Å². The Morgan fingerprint density at radius 1 is 1.24 bits per heavy atom. The van der Waals surface area contributed by atoms with Crippen LogP contribution in [0.15, 0.2) is 36.7 Å². The molecule has 0 radical (unpaired) electrons. The van der Waals surface area contributed by atoms with Crippen molar-refractivity contribution >= 4 is 29.0 Å². The van der Waals surface area contributed by atoms with Gasteiger partial charge in [-0.05, 0) is 30.5 Å². The van der Waals surface area contributed by atoms with Gasteiger partial charge in [0.2, 0.25) is 0 Å². The van der Waals surface area contributed by atoms with E-state index in [0.717, 1.165) is 22.7 Å². The summed E-state index contributed by atoms with van der Waals surface area (Å²) in [4.78, 5) is 4.44. The van der Waals surface area contributed by atoms with Gasteiger partial charge in [0.15, 0.2) is 11.5 Å². The number of halogens is 1. The number of fused-ring (bicyclic) bond motifs is 1. The highest BCUT2D eigenvalue weighted by molar-refractivity contribution is 7.99. The molecule has 0 spiro atoms. The molecule has 0 amide bonds. The maximum Gasteiger partial charge on any atom is 0.182 e. The third kappa shape index (κ3) is 3.25. The molecule has 1 aliphatic heterocycles. The summed E-state index contributed by atoms with van der Waals surface area (Å²) in [7, 11) is 0. The Kier molecular flexibility index (Phi) is 4.64. The molecule has 0 unspecified atom stereocenters. The SMILES string of the molecule is O[C@@H]1[C@H](O)CS[C@H]1c1nnc2c(CCc3cccc(Cl)c3)nccn12. The van der Waals surface area contributed by atoms with Gasteiger partial charge in [0, 0.05) is 23.2 Å². The number of aliphatic hydroxyl groups excluding tert-OH is 2. The third-order valence-corrected chi connectivity index (χ3v) is 5.99. The molecule has 4 rings (SSSR count). The Hall–Kier alpha value is -1.67. The third-order valence-electron chi connectivity index (χ3n) is 4.37. The molecule has 3 heterocycles. The van der Waals surface area contributed by atoms with Crippen LogP contribution in [0.1, 0.15) is 22.3 Å². The number of aryl methyl sites for hydroxylation is 2. The minimum absolute atomic E-state index is 0.284. The molecule has 0 saturated carbocycles. The predicted molar refractivity (Wildman–Crippen MR) is 96.9 cm³/mol. The summed E-state index contributed by atoms with van der Waals surface area (Å²) in [6.07, 6.45) is 3.47. The number of thioether (sulfide) groups is 1. The average Bonchev–Trinajstić information content (AvgIpc) is 3.17. The van der Waals surface area contributed by atoms with E-state index in [0.29, 0.717) is 23.6 Å². The second-order valence-corrected chi connectivity index (χ2v) is 7.68. The zero-order valence-corrected chi connectivity index (χ0v) is 14.9. The summed E-state index contributed by atoms with van der Waals surface area (Å²) in [5.41, 5.74) is 2.67. The molecule has 6 nitrogen and oxygen atoms in total. The minimum atomic E-state index is -0.833. The number of hydrogen-bond donors (Lipinski definition) is 2. The van der Waals surface area contributed by atoms with Crippen LogP contribution in [0.25, 0.3) is 5.65 Å². The van der Waals surface area contributed by atoms with Crippen LogP contribution in [-0.4, -0.2) is 47.8 Å². The van der Waals surface area contributed by atoms with Crippen LogP contribution < -0.4 is 0 Å². The van der Waals surface area contributed by atoms with Gasteiger partial charge < -0.3 is 10.2 Å². The fourth-order valence-corrected chi connectivity index (χ4v) is 4.55. The smallest absolute Gasteiger partial charge is 0.182 e. The maximum absolute atomic E-state index is 10.2. The van der Waals surface area contributed by atoms with Crippen molar-refractivity contribution in [3.8, 4) is 0 Å². The quantitative estimate of drug-likeness (QED) is 0.725. The summed E-state index contributed by atoms with van der Waals surface area (Å²) in [6.45, 7) is 0. The summed E-state index contributed by atoms with van der Waals surface area (Å²) < 4.78 is 1.86. The van der Waals surface area contributed by atoms with Gasteiger partial charge >= 0.3 is 0 Å². The Morgan fingerprint density at radius 2 is 2.12 bits per heavy atom. The van der Waals surface area contributed by atoms with E-state index in [1.54, 1.807) is 12.4 Å². The van der Waals surface area contributed by atoms with Crippen molar-refractivity contribution in [2.24, 2.45) is 0 Å². The van der Waals surface area contributed by atoms with Crippen molar-refractivity contribution in [3.05, 3.63) is 58.8 Å². The molecule has 25 heavy (non-hydrogen) atoms. The van der Waals surface area contributed by atoms with E-state index in [-0.39, 0.29) is 5.25 Å². The monoisotopic (exact) mass is 376 g/mol. The lowest BCUT2D eigenvalue weighted by molar-refractivity contribution is 0.0404. The molecule has 1 saturated heterocycles. The number of hydrogen-bond acceptors (Lipinski definition) is 6. The van der Waals surface area contributed by atoms with Gasteiger partial charge in [-0.1, -0.05) is 23.7 Å². The number of rotatable bonds is 4. The van der Waals surface area contributed by atoms with Crippen LogP contribution in [0.3, 0.4) is 0 Å². The fraction of sp³-hybridized carbons (Fsp3) is 0.353. The van der Waals surface area contributed by atoms with E-state index in [2.05, 4.69) is 15.2 Å². The number of benzene rings is 1. The van der Waals surface area contributed by atoms with Crippen LogP contribution in [-0.2, 0) is 12.8 Å². The van der Waals surface area contributed by atoms with E-state index in [1.807, 2.05) is 28.7 Å². The first-order valence-electron chi connectivity index (χ1n) is 8.04. The molecule has 1 aromatic carbocycles. The van der Waals surface area contributed by atoms with Crippen LogP contribution in [0.4, 0.5) is 0 Å². The first-order chi connectivity index (χ1) is 12.1. The van der Waals surface area contributed by atoms with E-state index in [1.165, 1.54) is 11.8 Å². The van der Waals surface area contributed by atoms with Crippen molar-refractivity contribution in [1.29, 1.82) is 0 Å². The topological polar surface area (TPSA) is 83.5 Å². The zero-order valence-electron chi connectivity index (χ0n) is 13.3. The predicted octanol–water partition coefficient (Wildman–Crippen LogP) is 2.07. The van der Waals surface area contributed by atoms with Crippen molar-refractivity contribution < 1.29 is 10.2 Å². The van der Waals surface area contributed by atoms with Crippen molar-refractivity contribution in [1.82, 2.24) is 19.6 Å². The standard InChI is InChI=1S/C17H17ClN4O2S/c18-11-3-1-2-10(8-11)4-5-12-16-20-21-17(22(16)7-6-19-12)15-14(24)13(23)9-25-15/h1-3,6-8,13-15,23-24H,4-5,9H2/t13-,14-,15-/m1/s1. The molecular weight excluding hydrogens is 360 g/mol. The Balaban J connectivity index is 1.61. The molecule has 3 atom stereocenters.